The van der Waals surface area contributed by atoms with Crippen molar-refractivity contribution in [2.45, 2.75) is 41.5 Å². The van der Waals surface area contributed by atoms with Crippen LogP contribution < -0.4 is 5.32 Å². The van der Waals surface area contributed by atoms with Crippen molar-refractivity contribution in [3.05, 3.63) is 24.3 Å². The Morgan fingerprint density at radius 1 is 1.00 bits per heavy atom. The summed E-state index contributed by atoms with van der Waals surface area (Å²) in [6.07, 6.45) is 0. The highest BCUT2D eigenvalue weighted by Gasteiger charge is 2.28. The number of carbonyl (C=O) groups excluding carboxylic acids is 2. The van der Waals surface area contributed by atoms with E-state index in [0.717, 1.165) is 5.39 Å². The summed E-state index contributed by atoms with van der Waals surface area (Å²) >= 11 is 0. The average Bonchev–Trinajstić information content (AvgIpc) is 2.75. The van der Waals surface area contributed by atoms with Crippen molar-refractivity contribution >= 4 is 28.5 Å². The summed E-state index contributed by atoms with van der Waals surface area (Å²) in [6.45, 7) is 11.0. The number of aromatic nitrogens is 2. The normalized spacial score (nSPS) is 12.5. The van der Waals surface area contributed by atoms with Gasteiger partial charge in [0.05, 0.1) is 5.52 Å². The van der Waals surface area contributed by atoms with Gasteiger partial charge in [-0.1, -0.05) is 53.7 Å². The fourth-order valence-electron chi connectivity index (χ4n) is 1.93. The third-order valence-electron chi connectivity index (χ3n) is 3.33. The van der Waals surface area contributed by atoms with Crippen molar-refractivity contribution < 1.29 is 9.59 Å². The van der Waals surface area contributed by atoms with E-state index < -0.39 is 10.8 Å². The number of carbonyl (C=O) groups is 2. The molecule has 2 aromatic rings. The number of rotatable bonds is 1. The lowest BCUT2D eigenvalue weighted by atomic mass is 9.95. The van der Waals surface area contributed by atoms with Crippen molar-refractivity contribution in [3.63, 3.8) is 0 Å². The minimum atomic E-state index is -0.555. The Kier molecular flexibility index (Phi) is 3.85. The molecule has 0 saturated heterocycles. The Labute approximate surface area is 130 Å². The molecule has 0 atom stereocenters. The topological polar surface area (TPSA) is 64.0 Å². The van der Waals surface area contributed by atoms with Crippen LogP contribution >= 0.6 is 0 Å². The molecular formula is C17H23N3O2. The lowest BCUT2D eigenvalue weighted by molar-refractivity contribution is -0.123. The van der Waals surface area contributed by atoms with Crippen molar-refractivity contribution in [1.29, 1.82) is 0 Å². The molecule has 0 saturated carbocycles. The molecule has 0 bridgehead atoms. The molecule has 0 aliphatic carbocycles. The molecule has 2 rings (SSSR count). The number of anilines is 1. The minimum absolute atomic E-state index is 0.111. The summed E-state index contributed by atoms with van der Waals surface area (Å²) in [6, 6.07) is 7.40. The highest BCUT2D eigenvalue weighted by atomic mass is 16.2. The van der Waals surface area contributed by atoms with E-state index in [1.54, 1.807) is 0 Å². The molecule has 118 valence electrons. The maximum Gasteiger partial charge on any atom is 0.252 e. The van der Waals surface area contributed by atoms with Crippen LogP contribution in [0, 0.1) is 10.8 Å². The van der Waals surface area contributed by atoms with Crippen LogP contribution in [-0.2, 0) is 4.79 Å². The average molecular weight is 301 g/mol. The molecule has 5 heteroatoms. The van der Waals surface area contributed by atoms with Crippen LogP contribution in [0.3, 0.4) is 0 Å². The van der Waals surface area contributed by atoms with Crippen LogP contribution in [0.5, 0.6) is 0 Å². The first kappa shape index (κ1) is 16.2. The Morgan fingerprint density at radius 3 is 2.14 bits per heavy atom. The summed E-state index contributed by atoms with van der Waals surface area (Å²) in [7, 11) is 0. The summed E-state index contributed by atoms with van der Waals surface area (Å²) in [4.78, 5) is 24.8. The second-order valence-electron chi connectivity index (χ2n) is 7.54. The zero-order chi connectivity index (χ0) is 16.7. The number of benzene rings is 1. The monoisotopic (exact) mass is 301 g/mol. The molecule has 0 spiro atoms. The van der Waals surface area contributed by atoms with E-state index in [0.29, 0.717) is 11.3 Å². The van der Waals surface area contributed by atoms with Crippen LogP contribution in [0.1, 0.15) is 46.3 Å². The Hall–Kier alpha value is -2.17. The minimum Gasteiger partial charge on any atom is -0.308 e. The van der Waals surface area contributed by atoms with Crippen LogP contribution in [0.25, 0.3) is 10.9 Å². The number of amides is 1. The molecule has 0 aliphatic rings. The van der Waals surface area contributed by atoms with Gasteiger partial charge in [0, 0.05) is 16.2 Å². The Balaban J connectivity index is 2.54. The van der Waals surface area contributed by atoms with Gasteiger partial charge in [-0.15, -0.1) is 5.10 Å². The van der Waals surface area contributed by atoms with Crippen LogP contribution in [0.15, 0.2) is 24.3 Å². The van der Waals surface area contributed by atoms with Crippen molar-refractivity contribution in [2.24, 2.45) is 10.8 Å². The van der Waals surface area contributed by atoms with E-state index in [1.807, 2.05) is 65.8 Å². The Bertz CT molecular complexity index is 730. The van der Waals surface area contributed by atoms with Gasteiger partial charge in [0.25, 0.3) is 5.91 Å². The van der Waals surface area contributed by atoms with Gasteiger partial charge >= 0.3 is 0 Å². The summed E-state index contributed by atoms with van der Waals surface area (Å²) in [5, 5.41) is 7.93. The summed E-state index contributed by atoms with van der Waals surface area (Å²) in [5.41, 5.74) is -0.384. The van der Waals surface area contributed by atoms with Gasteiger partial charge in [0.2, 0.25) is 5.91 Å². The molecule has 0 radical (unpaired) electrons. The van der Waals surface area contributed by atoms with E-state index in [2.05, 4.69) is 10.4 Å². The SMILES string of the molecule is CC(C)(C)C(=O)Nc1nn(C(=O)C(C)(C)C)c2ccccc12. The number of fused-ring (bicyclic) bond motifs is 1. The van der Waals surface area contributed by atoms with Gasteiger partial charge in [0.1, 0.15) is 0 Å². The van der Waals surface area contributed by atoms with Gasteiger partial charge in [0.15, 0.2) is 5.82 Å². The maximum atomic E-state index is 12.6. The highest BCUT2D eigenvalue weighted by molar-refractivity contribution is 6.04. The van der Waals surface area contributed by atoms with Gasteiger partial charge < -0.3 is 5.32 Å². The molecule has 5 nitrogen and oxygen atoms in total. The lowest BCUT2D eigenvalue weighted by Gasteiger charge is -2.17. The Morgan fingerprint density at radius 2 is 1.59 bits per heavy atom. The molecule has 1 amide bonds. The third kappa shape index (κ3) is 3.03. The molecule has 0 unspecified atom stereocenters. The number of nitrogens with zero attached hydrogens (tertiary/aromatic N) is 2. The first-order chi connectivity index (χ1) is 10.0. The largest absolute Gasteiger partial charge is 0.308 e. The first-order valence-corrected chi connectivity index (χ1v) is 7.36. The maximum absolute atomic E-state index is 12.6. The van der Waals surface area contributed by atoms with Crippen molar-refractivity contribution in [1.82, 2.24) is 9.78 Å². The standard InChI is InChI=1S/C17H23N3O2/c1-16(2,3)14(21)18-13-11-9-7-8-10-12(11)20(19-13)15(22)17(4,5)6/h7-10H,1-6H3,(H,18,19,21). The van der Waals surface area contributed by atoms with Gasteiger partial charge in [-0.25, -0.2) is 0 Å². The zero-order valence-electron chi connectivity index (χ0n) is 14.0. The van der Waals surface area contributed by atoms with Crippen molar-refractivity contribution in [2.75, 3.05) is 5.32 Å². The number of hydrogen-bond acceptors (Lipinski definition) is 3. The highest BCUT2D eigenvalue weighted by Crippen LogP contribution is 2.27. The van der Waals surface area contributed by atoms with Gasteiger partial charge in [-0.2, -0.15) is 4.68 Å². The molecule has 22 heavy (non-hydrogen) atoms. The second-order valence-corrected chi connectivity index (χ2v) is 7.54. The van der Waals surface area contributed by atoms with E-state index in [4.69, 9.17) is 0 Å². The molecule has 1 aromatic carbocycles. The number of nitrogens with one attached hydrogen (secondary N) is 1. The van der Waals surface area contributed by atoms with E-state index in [9.17, 15) is 9.59 Å². The fraction of sp³-hybridized carbons (Fsp3) is 0.471. The lowest BCUT2D eigenvalue weighted by Crippen LogP contribution is -2.29. The van der Waals surface area contributed by atoms with E-state index in [1.165, 1.54) is 4.68 Å². The molecule has 1 heterocycles. The van der Waals surface area contributed by atoms with Gasteiger partial charge in [-0.05, 0) is 12.1 Å². The van der Waals surface area contributed by atoms with Crippen LogP contribution in [-0.4, -0.2) is 21.6 Å². The second kappa shape index (κ2) is 5.23. The first-order valence-electron chi connectivity index (χ1n) is 7.36. The summed E-state index contributed by atoms with van der Waals surface area (Å²) < 4.78 is 1.38. The third-order valence-corrected chi connectivity index (χ3v) is 3.33. The fourth-order valence-corrected chi connectivity index (χ4v) is 1.93. The van der Waals surface area contributed by atoms with Crippen LogP contribution in [0.2, 0.25) is 0 Å². The predicted molar refractivity (Wildman–Crippen MR) is 87.9 cm³/mol. The molecule has 1 aromatic heterocycles. The molecular weight excluding hydrogens is 278 g/mol. The summed E-state index contributed by atoms with van der Waals surface area (Å²) in [5.74, 6) is 0.180. The van der Waals surface area contributed by atoms with Crippen LogP contribution in [0.4, 0.5) is 5.82 Å². The molecule has 1 N–H and O–H groups in total. The van der Waals surface area contributed by atoms with Gasteiger partial charge in [-0.3, -0.25) is 9.59 Å². The van der Waals surface area contributed by atoms with E-state index in [-0.39, 0.29) is 11.8 Å². The number of hydrogen-bond donors (Lipinski definition) is 1. The predicted octanol–water partition coefficient (Wildman–Crippen LogP) is 3.71. The molecule has 0 fully saturated rings. The smallest absolute Gasteiger partial charge is 0.252 e. The van der Waals surface area contributed by atoms with Crippen molar-refractivity contribution in [3.8, 4) is 0 Å². The molecule has 0 aliphatic heterocycles. The zero-order valence-corrected chi connectivity index (χ0v) is 14.0. The van der Waals surface area contributed by atoms with E-state index >= 15 is 0 Å². The quantitative estimate of drug-likeness (QED) is 0.873. The number of para-hydroxylation sites is 1.